The van der Waals surface area contributed by atoms with Gasteiger partial charge in [0.15, 0.2) is 0 Å². The molecule has 44 valence electrons. The summed E-state index contributed by atoms with van der Waals surface area (Å²) in [5.41, 5.74) is 0. The van der Waals surface area contributed by atoms with Crippen molar-refractivity contribution >= 4 is 11.3 Å². The monoisotopic (exact) mass is 133 g/mol. The van der Waals surface area contributed by atoms with Crippen molar-refractivity contribution in [1.29, 1.82) is 0 Å². The van der Waals surface area contributed by atoms with Gasteiger partial charge in [-0.1, -0.05) is 15.8 Å². The van der Waals surface area contributed by atoms with Crippen LogP contribution in [0.4, 0.5) is 4.48 Å². The van der Waals surface area contributed by atoms with Crippen LogP contribution < -0.4 is 4.87 Å². The predicted octanol–water partition coefficient (Wildman–Crippen LogP) is 0.951. The molecule has 0 radical (unpaired) electrons. The largest absolute Gasteiger partial charge is 0.335 e. The van der Waals surface area contributed by atoms with E-state index in [2.05, 4.69) is 0 Å². The van der Waals surface area contributed by atoms with E-state index in [0.29, 0.717) is 4.88 Å². The fourth-order valence-electron chi connectivity index (χ4n) is 0.420. The molecule has 1 aromatic heterocycles. The third-order valence-electron chi connectivity index (χ3n) is 0.718. The molecule has 1 heterocycles. The van der Waals surface area contributed by atoms with Gasteiger partial charge in [-0.15, -0.1) is 4.79 Å². The van der Waals surface area contributed by atoms with Gasteiger partial charge in [0.1, 0.15) is 0 Å². The summed E-state index contributed by atoms with van der Waals surface area (Å²) in [6.07, 6.45) is 1.16. The zero-order valence-electron chi connectivity index (χ0n) is 4.22. The lowest BCUT2D eigenvalue weighted by Crippen LogP contribution is -2.00. The van der Waals surface area contributed by atoms with Crippen LogP contribution in [0.2, 0.25) is 0 Å². The summed E-state index contributed by atoms with van der Waals surface area (Å²) < 4.78 is 12.0. The fourth-order valence-corrected chi connectivity index (χ4v) is 0.981. The summed E-state index contributed by atoms with van der Waals surface area (Å²) in [4.78, 5) is 10.5. The maximum absolute atomic E-state index is 12.0. The Labute approximate surface area is 49.1 Å². The lowest BCUT2D eigenvalue weighted by molar-refractivity contribution is 0.360. The molecule has 0 N–H and O–H groups in total. The Morgan fingerprint density at radius 3 is 2.62 bits per heavy atom. The molecular weight excluding hydrogens is 129 g/mol. The molecular formula is C4H4FNOS. The van der Waals surface area contributed by atoms with Gasteiger partial charge in [-0.25, -0.2) is 0 Å². The minimum atomic E-state index is -0.553. The van der Waals surface area contributed by atoms with E-state index in [1.54, 1.807) is 6.92 Å². The third-order valence-corrected chi connectivity index (χ3v) is 1.49. The zero-order valence-corrected chi connectivity index (χ0v) is 5.04. The topological polar surface area (TPSA) is 22.0 Å². The van der Waals surface area contributed by atoms with Crippen molar-refractivity contribution in [2.24, 2.45) is 0 Å². The van der Waals surface area contributed by atoms with Crippen LogP contribution >= 0.6 is 11.3 Å². The van der Waals surface area contributed by atoms with Crippen molar-refractivity contribution < 1.29 is 4.48 Å². The Balaban J connectivity index is 3.35. The number of thiazole rings is 1. The van der Waals surface area contributed by atoms with Crippen LogP contribution in [-0.4, -0.2) is 4.79 Å². The Hall–Kier alpha value is -0.640. The molecule has 0 saturated carbocycles. The first-order valence-corrected chi connectivity index (χ1v) is 2.87. The number of aryl methyl sites for hydroxylation is 1. The Bertz CT molecular complexity index is 238. The van der Waals surface area contributed by atoms with E-state index < -0.39 is 4.87 Å². The van der Waals surface area contributed by atoms with Crippen molar-refractivity contribution in [3.05, 3.63) is 20.7 Å². The molecule has 0 atom stereocenters. The van der Waals surface area contributed by atoms with E-state index in [1.165, 1.54) is 0 Å². The normalized spacial score (nSPS) is 9.75. The van der Waals surface area contributed by atoms with Gasteiger partial charge in [0.2, 0.25) is 0 Å². The smallest absolute Gasteiger partial charge is 0.254 e. The number of rotatable bonds is 0. The number of halogens is 1. The van der Waals surface area contributed by atoms with E-state index >= 15 is 0 Å². The maximum atomic E-state index is 12.0. The van der Waals surface area contributed by atoms with E-state index in [-0.39, 0.29) is 4.79 Å². The second-order valence-corrected chi connectivity index (χ2v) is 2.62. The van der Waals surface area contributed by atoms with Crippen molar-refractivity contribution in [1.82, 2.24) is 4.79 Å². The van der Waals surface area contributed by atoms with Crippen molar-refractivity contribution in [2.75, 3.05) is 0 Å². The van der Waals surface area contributed by atoms with Gasteiger partial charge in [0.05, 0.1) is 6.20 Å². The molecule has 0 aliphatic carbocycles. The second-order valence-electron chi connectivity index (χ2n) is 1.42. The maximum Gasteiger partial charge on any atom is 0.335 e. The van der Waals surface area contributed by atoms with Crippen LogP contribution in [0.1, 0.15) is 4.88 Å². The molecule has 0 aliphatic rings. The summed E-state index contributed by atoms with van der Waals surface area (Å²) in [6.45, 7) is 1.68. The second kappa shape index (κ2) is 1.70. The molecule has 2 nitrogen and oxygen atoms in total. The zero-order chi connectivity index (χ0) is 6.15. The number of hydrogen-bond donors (Lipinski definition) is 0. The molecule has 0 fully saturated rings. The highest BCUT2D eigenvalue weighted by molar-refractivity contribution is 7.09. The molecule has 0 amide bonds. The molecule has 0 aliphatic heterocycles. The predicted molar refractivity (Wildman–Crippen MR) is 29.8 cm³/mol. The van der Waals surface area contributed by atoms with Crippen LogP contribution in [-0.2, 0) is 0 Å². The first-order valence-electron chi connectivity index (χ1n) is 2.05. The van der Waals surface area contributed by atoms with Gasteiger partial charge in [-0.2, -0.15) is 0 Å². The SMILES string of the molecule is Cc1cn(F)c(=O)s1. The van der Waals surface area contributed by atoms with E-state index in [1.807, 2.05) is 0 Å². The van der Waals surface area contributed by atoms with Gasteiger partial charge in [0.25, 0.3) is 0 Å². The van der Waals surface area contributed by atoms with Crippen LogP contribution in [0.25, 0.3) is 0 Å². The fraction of sp³-hybridized carbons (Fsp3) is 0.250. The summed E-state index contributed by atoms with van der Waals surface area (Å²) in [5, 5.41) is 0. The molecule has 1 aromatic rings. The summed E-state index contributed by atoms with van der Waals surface area (Å²) >= 11 is 0.902. The van der Waals surface area contributed by atoms with Crippen molar-refractivity contribution in [3.63, 3.8) is 0 Å². The summed E-state index contributed by atoms with van der Waals surface area (Å²) in [7, 11) is 0. The molecule has 4 heteroatoms. The Morgan fingerprint density at radius 2 is 2.50 bits per heavy atom. The van der Waals surface area contributed by atoms with Crippen molar-refractivity contribution in [3.8, 4) is 0 Å². The van der Waals surface area contributed by atoms with E-state index in [0.717, 1.165) is 17.5 Å². The van der Waals surface area contributed by atoms with E-state index in [9.17, 15) is 9.28 Å². The van der Waals surface area contributed by atoms with Crippen LogP contribution in [0.5, 0.6) is 0 Å². The van der Waals surface area contributed by atoms with Gasteiger partial charge < -0.3 is 0 Å². The average Bonchev–Trinajstić information content (AvgIpc) is 1.85. The minimum Gasteiger partial charge on any atom is -0.254 e. The van der Waals surface area contributed by atoms with E-state index in [4.69, 9.17) is 0 Å². The molecule has 1 rings (SSSR count). The van der Waals surface area contributed by atoms with Gasteiger partial charge >= 0.3 is 4.87 Å². The van der Waals surface area contributed by atoms with Crippen LogP contribution in [0, 0.1) is 6.92 Å². The lowest BCUT2D eigenvalue weighted by Gasteiger charge is -1.71. The summed E-state index contributed by atoms with van der Waals surface area (Å²) in [6, 6.07) is 0. The van der Waals surface area contributed by atoms with Crippen molar-refractivity contribution in [2.45, 2.75) is 6.92 Å². The van der Waals surface area contributed by atoms with Gasteiger partial charge in [-0.3, -0.25) is 4.79 Å². The number of aromatic nitrogens is 1. The highest BCUT2D eigenvalue weighted by Gasteiger charge is 1.95. The molecule has 0 aromatic carbocycles. The average molecular weight is 133 g/mol. The standard InChI is InChI=1S/C4H4FNOS/c1-3-2-6(5)4(7)8-3/h2H,1H3. The highest BCUT2D eigenvalue weighted by Crippen LogP contribution is 1.98. The molecule has 0 bridgehead atoms. The molecule has 0 saturated heterocycles. The third kappa shape index (κ3) is 0.790. The number of hydrogen-bond acceptors (Lipinski definition) is 2. The minimum absolute atomic E-state index is 0.0833. The Kier molecular flexibility index (Phi) is 1.17. The number of nitrogens with zero attached hydrogens (tertiary/aromatic N) is 1. The molecule has 0 spiro atoms. The van der Waals surface area contributed by atoms with Crippen LogP contribution in [0.15, 0.2) is 11.0 Å². The van der Waals surface area contributed by atoms with Gasteiger partial charge in [-0.05, 0) is 6.92 Å². The molecule has 8 heavy (non-hydrogen) atoms. The van der Waals surface area contributed by atoms with Gasteiger partial charge in [0, 0.05) is 4.88 Å². The summed E-state index contributed by atoms with van der Waals surface area (Å²) in [5.74, 6) is 0. The van der Waals surface area contributed by atoms with Crippen LogP contribution in [0.3, 0.4) is 0 Å². The lowest BCUT2D eigenvalue weighted by atomic mass is 10.7. The molecule has 0 unspecified atom stereocenters. The first kappa shape index (κ1) is 5.50. The Morgan fingerprint density at radius 1 is 1.88 bits per heavy atom. The highest BCUT2D eigenvalue weighted by atomic mass is 32.1. The first-order chi connectivity index (χ1) is 3.70. The quantitative estimate of drug-likeness (QED) is 0.516.